The van der Waals surface area contributed by atoms with Crippen LogP contribution in [0.15, 0.2) is 35.5 Å². The zero-order valence-electron chi connectivity index (χ0n) is 5.72. The Morgan fingerprint density at radius 1 is 1.10 bits per heavy atom. The minimum Gasteiger partial charge on any atom is -0.300 e. The van der Waals surface area contributed by atoms with Crippen molar-refractivity contribution in [2.24, 2.45) is 0 Å². The first-order chi connectivity index (χ1) is 4.88. The summed E-state index contributed by atoms with van der Waals surface area (Å²) in [7, 11) is 0. The highest BCUT2D eigenvalue weighted by atomic mass is 14.4. The van der Waals surface area contributed by atoms with Gasteiger partial charge in [0.25, 0.3) is 0 Å². The maximum absolute atomic E-state index is 7.52. The molecule has 0 bridgehead atoms. The summed E-state index contributed by atoms with van der Waals surface area (Å²) in [5.41, 5.74) is 3.28. The zero-order valence-corrected chi connectivity index (χ0v) is 5.72. The maximum atomic E-state index is 7.52. The second kappa shape index (κ2) is 1.94. The van der Waals surface area contributed by atoms with E-state index in [4.69, 9.17) is 5.41 Å². The lowest BCUT2D eigenvalue weighted by molar-refractivity contribution is 1.48. The minimum atomic E-state index is 0.676. The lowest BCUT2D eigenvalue weighted by Gasteiger charge is -2.01. The first kappa shape index (κ1) is 5.66. The Hall–Kier alpha value is -1.11. The third-order valence-corrected chi connectivity index (χ3v) is 1.81. The van der Waals surface area contributed by atoms with Gasteiger partial charge in [-0.1, -0.05) is 23.8 Å². The molecule has 0 aliphatic heterocycles. The van der Waals surface area contributed by atoms with Crippen LogP contribution in [-0.4, -0.2) is 5.71 Å². The first-order valence-electron chi connectivity index (χ1n) is 3.53. The molecular weight excluding hydrogens is 122 g/mol. The molecule has 0 heterocycles. The van der Waals surface area contributed by atoms with Crippen molar-refractivity contribution < 1.29 is 0 Å². The van der Waals surface area contributed by atoms with Crippen molar-refractivity contribution in [3.05, 3.63) is 35.5 Å². The smallest absolute Gasteiger partial charge is 0.0611 e. The number of rotatable bonds is 0. The van der Waals surface area contributed by atoms with Crippen LogP contribution < -0.4 is 0 Å². The Morgan fingerprint density at radius 2 is 1.80 bits per heavy atom. The molecule has 0 atom stereocenters. The van der Waals surface area contributed by atoms with Crippen molar-refractivity contribution in [2.45, 2.75) is 12.8 Å². The molecule has 50 valence electrons. The van der Waals surface area contributed by atoms with Gasteiger partial charge in [-0.3, -0.25) is 0 Å². The highest BCUT2D eigenvalue weighted by Crippen LogP contribution is 2.33. The van der Waals surface area contributed by atoms with Gasteiger partial charge in [0.2, 0.25) is 0 Å². The van der Waals surface area contributed by atoms with E-state index >= 15 is 0 Å². The third kappa shape index (κ3) is 0.838. The van der Waals surface area contributed by atoms with Crippen molar-refractivity contribution in [1.29, 1.82) is 5.41 Å². The number of allylic oxidation sites excluding steroid dienone is 6. The summed E-state index contributed by atoms with van der Waals surface area (Å²) in [6, 6.07) is 0. The van der Waals surface area contributed by atoms with Crippen LogP contribution in [0.1, 0.15) is 12.8 Å². The van der Waals surface area contributed by atoms with Gasteiger partial charge in [-0.05, 0) is 24.5 Å². The van der Waals surface area contributed by atoms with Crippen LogP contribution >= 0.6 is 0 Å². The Kier molecular flexibility index (Phi) is 1.10. The molecule has 0 saturated heterocycles. The highest BCUT2D eigenvalue weighted by molar-refractivity contribution is 6.10. The molecule has 0 amide bonds. The highest BCUT2D eigenvalue weighted by Gasteiger charge is 2.18. The van der Waals surface area contributed by atoms with Crippen LogP contribution in [-0.2, 0) is 0 Å². The average Bonchev–Trinajstić information content (AvgIpc) is 2.71. The Bertz CT molecular complexity index is 260. The van der Waals surface area contributed by atoms with Crippen LogP contribution in [0.2, 0.25) is 0 Å². The molecular formula is C9H9N. The van der Waals surface area contributed by atoms with E-state index in [0.29, 0.717) is 5.71 Å². The molecule has 0 spiro atoms. The summed E-state index contributed by atoms with van der Waals surface area (Å²) in [6.45, 7) is 0. The van der Waals surface area contributed by atoms with Gasteiger partial charge in [0, 0.05) is 0 Å². The van der Waals surface area contributed by atoms with E-state index < -0.39 is 0 Å². The van der Waals surface area contributed by atoms with Crippen molar-refractivity contribution in [1.82, 2.24) is 0 Å². The van der Waals surface area contributed by atoms with Gasteiger partial charge < -0.3 is 5.41 Å². The van der Waals surface area contributed by atoms with Crippen molar-refractivity contribution >= 4 is 5.71 Å². The van der Waals surface area contributed by atoms with E-state index in [1.807, 2.05) is 24.3 Å². The molecule has 1 saturated carbocycles. The van der Waals surface area contributed by atoms with Gasteiger partial charge in [-0.15, -0.1) is 0 Å². The number of hydrogen-bond donors (Lipinski definition) is 1. The van der Waals surface area contributed by atoms with Crippen molar-refractivity contribution in [3.63, 3.8) is 0 Å². The fraction of sp³-hybridized carbons (Fsp3) is 0.222. The largest absolute Gasteiger partial charge is 0.300 e. The van der Waals surface area contributed by atoms with Gasteiger partial charge in [0.05, 0.1) is 5.71 Å². The quantitative estimate of drug-likeness (QED) is 0.521. The predicted octanol–water partition coefficient (Wildman–Crippen LogP) is 2.22. The normalized spacial score (nSPS) is 22.2. The molecule has 1 N–H and O–H groups in total. The van der Waals surface area contributed by atoms with Crippen LogP contribution in [0.3, 0.4) is 0 Å². The standard InChI is InChI=1S/C9H9N/c10-9-4-2-1-3-8(9)7-5-6-7/h1-4,10H,5-6H2. The lowest BCUT2D eigenvalue weighted by atomic mass is 10.1. The zero-order chi connectivity index (χ0) is 6.97. The molecule has 2 rings (SSSR count). The molecule has 2 aliphatic carbocycles. The summed E-state index contributed by atoms with van der Waals surface area (Å²) in [6.07, 6.45) is 10.2. The van der Waals surface area contributed by atoms with Crippen molar-refractivity contribution in [3.8, 4) is 0 Å². The molecule has 0 aromatic carbocycles. The molecule has 0 aromatic heterocycles. The first-order valence-corrected chi connectivity index (χ1v) is 3.53. The van der Waals surface area contributed by atoms with Crippen LogP contribution in [0.25, 0.3) is 0 Å². The SMILES string of the molecule is N=C1C=CC=CC1=C1CC1. The van der Waals surface area contributed by atoms with E-state index in [1.54, 1.807) is 0 Å². The molecule has 0 radical (unpaired) electrons. The monoisotopic (exact) mass is 131 g/mol. The fourth-order valence-corrected chi connectivity index (χ4v) is 1.12. The Morgan fingerprint density at radius 3 is 2.40 bits per heavy atom. The van der Waals surface area contributed by atoms with Crippen LogP contribution in [0.4, 0.5) is 0 Å². The maximum Gasteiger partial charge on any atom is 0.0611 e. The molecule has 1 heteroatoms. The van der Waals surface area contributed by atoms with E-state index in [0.717, 1.165) is 5.57 Å². The summed E-state index contributed by atoms with van der Waals surface area (Å²) in [5, 5.41) is 7.52. The minimum absolute atomic E-state index is 0.676. The predicted molar refractivity (Wildman–Crippen MR) is 42.3 cm³/mol. The number of nitrogens with one attached hydrogen (secondary N) is 1. The van der Waals surface area contributed by atoms with Crippen LogP contribution in [0, 0.1) is 5.41 Å². The van der Waals surface area contributed by atoms with Crippen LogP contribution in [0.5, 0.6) is 0 Å². The molecule has 1 nitrogen and oxygen atoms in total. The lowest BCUT2D eigenvalue weighted by Crippen LogP contribution is -1.96. The molecule has 2 aliphatic rings. The summed E-state index contributed by atoms with van der Waals surface area (Å²) >= 11 is 0. The fourth-order valence-electron chi connectivity index (χ4n) is 1.12. The summed E-state index contributed by atoms with van der Waals surface area (Å²) < 4.78 is 0. The summed E-state index contributed by atoms with van der Waals surface area (Å²) in [5.74, 6) is 0. The molecule has 1 fully saturated rings. The van der Waals surface area contributed by atoms with Crippen molar-refractivity contribution in [2.75, 3.05) is 0 Å². The molecule has 10 heavy (non-hydrogen) atoms. The van der Waals surface area contributed by atoms with E-state index in [-0.39, 0.29) is 0 Å². The molecule has 0 aromatic rings. The van der Waals surface area contributed by atoms with E-state index in [1.165, 1.54) is 18.4 Å². The van der Waals surface area contributed by atoms with E-state index in [2.05, 4.69) is 0 Å². The topological polar surface area (TPSA) is 23.9 Å². The van der Waals surface area contributed by atoms with E-state index in [9.17, 15) is 0 Å². The average molecular weight is 131 g/mol. The molecule has 0 unspecified atom stereocenters. The second-order valence-electron chi connectivity index (χ2n) is 2.65. The van der Waals surface area contributed by atoms with Gasteiger partial charge in [0.1, 0.15) is 0 Å². The Balaban J connectivity index is 2.39. The van der Waals surface area contributed by atoms with Gasteiger partial charge >= 0.3 is 0 Å². The van der Waals surface area contributed by atoms with Gasteiger partial charge in [-0.25, -0.2) is 0 Å². The number of hydrogen-bond acceptors (Lipinski definition) is 1. The summed E-state index contributed by atoms with van der Waals surface area (Å²) in [4.78, 5) is 0. The van der Waals surface area contributed by atoms with Gasteiger partial charge in [0.15, 0.2) is 0 Å². The third-order valence-electron chi connectivity index (χ3n) is 1.81. The van der Waals surface area contributed by atoms with Gasteiger partial charge in [-0.2, -0.15) is 0 Å². The Labute approximate surface area is 60.3 Å². The second-order valence-corrected chi connectivity index (χ2v) is 2.65.